The van der Waals surface area contributed by atoms with Crippen molar-refractivity contribution in [1.82, 2.24) is 16.0 Å². The van der Waals surface area contributed by atoms with Gasteiger partial charge in [0.2, 0.25) is 11.8 Å². The predicted octanol–water partition coefficient (Wildman–Crippen LogP) is 0.407. The Labute approximate surface area is 109 Å². The Hall–Kier alpha value is -1.10. The zero-order valence-corrected chi connectivity index (χ0v) is 11.6. The van der Waals surface area contributed by atoms with Gasteiger partial charge in [-0.05, 0) is 33.1 Å². The Morgan fingerprint density at radius 1 is 1.22 bits per heavy atom. The van der Waals surface area contributed by atoms with Gasteiger partial charge in [-0.1, -0.05) is 6.92 Å². The second-order valence-corrected chi connectivity index (χ2v) is 5.53. The van der Waals surface area contributed by atoms with E-state index in [9.17, 15) is 9.59 Å². The van der Waals surface area contributed by atoms with Gasteiger partial charge >= 0.3 is 0 Å². The van der Waals surface area contributed by atoms with Gasteiger partial charge in [-0.2, -0.15) is 0 Å². The molecule has 0 radical (unpaired) electrons. The highest BCUT2D eigenvalue weighted by molar-refractivity contribution is 5.80. The number of carbonyl (C=O) groups excluding carboxylic acids is 2. The van der Waals surface area contributed by atoms with Crippen LogP contribution in [0.4, 0.5) is 0 Å². The van der Waals surface area contributed by atoms with Crippen molar-refractivity contribution in [3.63, 3.8) is 0 Å². The molecule has 0 aromatic heterocycles. The van der Waals surface area contributed by atoms with Gasteiger partial charge in [-0.3, -0.25) is 9.59 Å². The van der Waals surface area contributed by atoms with E-state index < -0.39 is 0 Å². The normalized spacial score (nSPS) is 15.3. The van der Waals surface area contributed by atoms with E-state index in [4.69, 9.17) is 0 Å². The first kappa shape index (κ1) is 15.0. The number of hydrogen-bond acceptors (Lipinski definition) is 3. The second kappa shape index (κ2) is 6.73. The molecule has 5 nitrogen and oxygen atoms in total. The van der Waals surface area contributed by atoms with E-state index in [1.54, 1.807) is 0 Å². The van der Waals surface area contributed by atoms with Gasteiger partial charge in [0.15, 0.2) is 0 Å². The van der Waals surface area contributed by atoms with Crippen molar-refractivity contribution in [2.75, 3.05) is 19.6 Å². The van der Waals surface area contributed by atoms with E-state index in [2.05, 4.69) is 16.0 Å². The summed E-state index contributed by atoms with van der Waals surface area (Å²) in [5.74, 6) is 0.391. The zero-order chi connectivity index (χ0) is 13.6. The second-order valence-electron chi connectivity index (χ2n) is 5.53. The van der Waals surface area contributed by atoms with Crippen LogP contribution >= 0.6 is 0 Å². The largest absolute Gasteiger partial charge is 0.355 e. The molecule has 1 saturated carbocycles. The lowest BCUT2D eigenvalue weighted by atomic mass is 10.0. The molecule has 1 rings (SSSR count). The molecule has 0 spiro atoms. The molecule has 3 N–H and O–H groups in total. The third-order valence-electron chi connectivity index (χ3n) is 3.20. The number of nitrogens with one attached hydrogen (secondary N) is 3. The van der Waals surface area contributed by atoms with Crippen LogP contribution in [0.15, 0.2) is 0 Å². The minimum absolute atomic E-state index is 0.00429. The summed E-state index contributed by atoms with van der Waals surface area (Å²) >= 11 is 0. The summed E-state index contributed by atoms with van der Waals surface area (Å²) in [7, 11) is 0. The van der Waals surface area contributed by atoms with E-state index in [-0.39, 0.29) is 23.3 Å². The molecule has 0 saturated heterocycles. The van der Waals surface area contributed by atoms with E-state index in [0.29, 0.717) is 19.6 Å². The molecular formula is C13H25N3O2. The van der Waals surface area contributed by atoms with Gasteiger partial charge < -0.3 is 16.0 Å². The van der Waals surface area contributed by atoms with Crippen LogP contribution in [-0.2, 0) is 9.59 Å². The van der Waals surface area contributed by atoms with Crippen molar-refractivity contribution in [2.24, 2.45) is 5.92 Å². The molecule has 2 amide bonds. The Bertz CT molecular complexity index is 299. The topological polar surface area (TPSA) is 70.2 Å². The number of rotatable bonds is 8. The van der Waals surface area contributed by atoms with Crippen molar-refractivity contribution in [3.05, 3.63) is 0 Å². The van der Waals surface area contributed by atoms with Gasteiger partial charge in [0.1, 0.15) is 0 Å². The molecule has 0 aliphatic heterocycles. The van der Waals surface area contributed by atoms with Gasteiger partial charge in [0.25, 0.3) is 0 Å². The summed E-state index contributed by atoms with van der Waals surface area (Å²) in [5, 5.41) is 8.81. The van der Waals surface area contributed by atoms with Crippen LogP contribution in [0.2, 0.25) is 0 Å². The first-order valence-corrected chi connectivity index (χ1v) is 6.74. The lowest BCUT2D eigenvalue weighted by Gasteiger charge is -2.24. The highest BCUT2D eigenvalue weighted by atomic mass is 16.2. The lowest BCUT2D eigenvalue weighted by molar-refractivity contribution is -0.122. The molecular weight excluding hydrogens is 230 g/mol. The first-order chi connectivity index (χ1) is 8.44. The minimum Gasteiger partial charge on any atom is -0.355 e. The Kier molecular flexibility index (Phi) is 5.59. The number of amides is 2. The maximum Gasteiger partial charge on any atom is 0.234 e. The van der Waals surface area contributed by atoms with Crippen molar-refractivity contribution in [3.8, 4) is 0 Å². The van der Waals surface area contributed by atoms with Crippen LogP contribution < -0.4 is 16.0 Å². The van der Waals surface area contributed by atoms with Crippen molar-refractivity contribution in [2.45, 2.75) is 45.6 Å². The number of hydrogen-bond donors (Lipinski definition) is 3. The molecule has 0 aromatic carbocycles. The summed E-state index contributed by atoms with van der Waals surface area (Å²) < 4.78 is 0. The molecule has 18 heavy (non-hydrogen) atoms. The van der Waals surface area contributed by atoms with Crippen LogP contribution in [0.3, 0.4) is 0 Å². The highest BCUT2D eigenvalue weighted by Crippen LogP contribution is 2.28. The molecule has 104 valence electrons. The maximum absolute atomic E-state index is 11.6. The molecule has 0 unspecified atom stereocenters. The molecule has 1 aliphatic rings. The lowest BCUT2D eigenvalue weighted by Crippen LogP contribution is -2.47. The monoisotopic (exact) mass is 255 g/mol. The Balaban J connectivity index is 1.99. The first-order valence-electron chi connectivity index (χ1n) is 6.74. The smallest absolute Gasteiger partial charge is 0.234 e. The average molecular weight is 255 g/mol. The van der Waals surface area contributed by atoms with Crippen molar-refractivity contribution < 1.29 is 9.59 Å². The van der Waals surface area contributed by atoms with E-state index >= 15 is 0 Å². The van der Waals surface area contributed by atoms with Gasteiger partial charge in [-0.25, -0.2) is 0 Å². The van der Waals surface area contributed by atoms with Gasteiger partial charge in [0, 0.05) is 24.5 Å². The van der Waals surface area contributed by atoms with E-state index in [1.807, 2.05) is 20.8 Å². The molecule has 0 bridgehead atoms. The third kappa shape index (κ3) is 6.00. The Morgan fingerprint density at radius 2 is 1.89 bits per heavy atom. The summed E-state index contributed by atoms with van der Waals surface area (Å²) in [6.07, 6.45) is 2.94. The van der Waals surface area contributed by atoms with Crippen LogP contribution in [-0.4, -0.2) is 37.0 Å². The highest BCUT2D eigenvalue weighted by Gasteiger charge is 2.28. The summed E-state index contributed by atoms with van der Waals surface area (Å²) in [6, 6.07) is 0. The quantitative estimate of drug-likeness (QED) is 0.550. The van der Waals surface area contributed by atoms with Crippen LogP contribution in [0.5, 0.6) is 0 Å². The van der Waals surface area contributed by atoms with Crippen LogP contribution in [0.1, 0.15) is 40.0 Å². The molecule has 0 aromatic rings. The van der Waals surface area contributed by atoms with Crippen LogP contribution in [0, 0.1) is 5.92 Å². The summed E-state index contributed by atoms with van der Waals surface area (Å²) in [5.41, 5.74) is -0.154. The minimum atomic E-state index is -0.154. The molecule has 1 aliphatic carbocycles. The maximum atomic E-state index is 11.6. The van der Waals surface area contributed by atoms with Crippen molar-refractivity contribution >= 4 is 11.8 Å². The van der Waals surface area contributed by atoms with Crippen LogP contribution in [0.25, 0.3) is 0 Å². The molecule has 0 heterocycles. The average Bonchev–Trinajstić information content (AvgIpc) is 3.11. The SMILES string of the molecule is CCC(C)(C)NC(=O)CNCCNC(=O)C1CC1. The Morgan fingerprint density at radius 3 is 2.44 bits per heavy atom. The summed E-state index contributed by atoms with van der Waals surface area (Å²) in [6.45, 7) is 7.55. The number of carbonyl (C=O) groups is 2. The van der Waals surface area contributed by atoms with Gasteiger partial charge in [-0.15, -0.1) is 0 Å². The molecule has 0 atom stereocenters. The molecule has 1 fully saturated rings. The van der Waals surface area contributed by atoms with E-state index in [1.165, 1.54) is 0 Å². The fraction of sp³-hybridized carbons (Fsp3) is 0.846. The molecule has 5 heteroatoms. The fourth-order valence-corrected chi connectivity index (χ4v) is 1.48. The fourth-order valence-electron chi connectivity index (χ4n) is 1.48. The predicted molar refractivity (Wildman–Crippen MR) is 71.1 cm³/mol. The zero-order valence-electron chi connectivity index (χ0n) is 11.6. The summed E-state index contributed by atoms with van der Waals surface area (Å²) in [4.78, 5) is 22.9. The van der Waals surface area contributed by atoms with Crippen molar-refractivity contribution in [1.29, 1.82) is 0 Å². The standard InChI is InChI=1S/C13H25N3O2/c1-4-13(2,3)16-11(17)9-14-7-8-15-12(18)10-5-6-10/h10,14H,4-9H2,1-3H3,(H,15,18)(H,16,17). The van der Waals surface area contributed by atoms with E-state index in [0.717, 1.165) is 19.3 Å². The third-order valence-corrected chi connectivity index (χ3v) is 3.20. The van der Waals surface area contributed by atoms with Gasteiger partial charge in [0.05, 0.1) is 6.54 Å².